The van der Waals surface area contributed by atoms with Crippen LogP contribution in [0.2, 0.25) is 0 Å². The zero-order chi connectivity index (χ0) is 24.2. The zero-order valence-electron chi connectivity index (χ0n) is 19.7. The van der Waals surface area contributed by atoms with Crippen molar-refractivity contribution >= 4 is 11.8 Å². The molecule has 1 aliphatic rings. The minimum atomic E-state index is -0.313. The van der Waals surface area contributed by atoms with Gasteiger partial charge < -0.3 is 19.0 Å². The Morgan fingerprint density at radius 3 is 2.59 bits per heavy atom. The fourth-order valence-corrected chi connectivity index (χ4v) is 4.22. The van der Waals surface area contributed by atoms with Gasteiger partial charge in [-0.25, -0.2) is 4.39 Å². The van der Waals surface area contributed by atoms with Crippen molar-refractivity contribution < 1.29 is 23.1 Å². The number of amides is 2. The number of hydrogen-bond donors (Lipinski definition) is 0. The molecule has 1 atom stereocenters. The van der Waals surface area contributed by atoms with Gasteiger partial charge in [0.1, 0.15) is 23.9 Å². The smallest absolute Gasteiger partial charge is 0.289 e. The molecule has 0 aliphatic carbocycles. The molecule has 0 fully saturated rings. The summed E-state index contributed by atoms with van der Waals surface area (Å²) in [5, 5.41) is 0. The van der Waals surface area contributed by atoms with Crippen LogP contribution in [0, 0.1) is 5.82 Å². The van der Waals surface area contributed by atoms with Gasteiger partial charge in [-0.3, -0.25) is 9.59 Å². The van der Waals surface area contributed by atoms with E-state index in [0.717, 1.165) is 23.1 Å². The topological polar surface area (TPSA) is 63.0 Å². The van der Waals surface area contributed by atoms with Crippen LogP contribution in [0.25, 0.3) is 0 Å². The van der Waals surface area contributed by atoms with Crippen molar-refractivity contribution in [3.8, 4) is 5.75 Å². The Balaban J connectivity index is 1.58. The van der Waals surface area contributed by atoms with Gasteiger partial charge in [0.05, 0.1) is 6.04 Å². The molecule has 3 aromatic rings. The standard InChI is InChI=1S/C27H29FN2O4/c1-4-25(31)30-15-14-18-8-11-21(16-23(18)26(30)19-6-9-20(28)10-7-19)33-17-22-12-13-24(34-22)27(32)29(3)5-2/h6-13,16,26H,4-5,14-15,17H2,1-3H3/t26-/m0/s1. The molecule has 1 aliphatic heterocycles. The average Bonchev–Trinajstić information content (AvgIpc) is 3.35. The van der Waals surface area contributed by atoms with E-state index >= 15 is 0 Å². The predicted molar refractivity (Wildman–Crippen MR) is 126 cm³/mol. The second-order valence-corrected chi connectivity index (χ2v) is 8.38. The monoisotopic (exact) mass is 464 g/mol. The molecule has 0 saturated heterocycles. The molecule has 2 aromatic carbocycles. The summed E-state index contributed by atoms with van der Waals surface area (Å²) >= 11 is 0. The molecule has 0 bridgehead atoms. The first kappa shape index (κ1) is 23.5. The quantitative estimate of drug-likeness (QED) is 0.495. The van der Waals surface area contributed by atoms with Gasteiger partial charge in [0, 0.05) is 26.6 Å². The van der Waals surface area contributed by atoms with Crippen molar-refractivity contribution in [1.82, 2.24) is 9.80 Å². The number of carbonyl (C=O) groups excluding carboxylic acids is 2. The molecule has 1 aromatic heterocycles. The van der Waals surface area contributed by atoms with Gasteiger partial charge in [-0.2, -0.15) is 0 Å². The number of carbonyl (C=O) groups is 2. The third kappa shape index (κ3) is 4.83. The highest BCUT2D eigenvalue weighted by Gasteiger charge is 2.31. The molecule has 0 spiro atoms. The van der Waals surface area contributed by atoms with E-state index in [2.05, 4.69) is 0 Å². The highest BCUT2D eigenvalue weighted by Crippen LogP contribution is 2.37. The van der Waals surface area contributed by atoms with Gasteiger partial charge >= 0.3 is 0 Å². The lowest BCUT2D eigenvalue weighted by Crippen LogP contribution is -2.40. The normalized spacial score (nSPS) is 15.1. The Kier molecular flexibility index (Phi) is 7.01. The summed E-state index contributed by atoms with van der Waals surface area (Å²) < 4.78 is 25.2. The summed E-state index contributed by atoms with van der Waals surface area (Å²) in [7, 11) is 1.72. The molecule has 2 amide bonds. The Bertz CT molecular complexity index is 1170. The van der Waals surface area contributed by atoms with E-state index in [-0.39, 0.29) is 36.0 Å². The van der Waals surface area contributed by atoms with E-state index in [0.29, 0.717) is 31.0 Å². The largest absolute Gasteiger partial charge is 0.486 e. The highest BCUT2D eigenvalue weighted by molar-refractivity contribution is 5.91. The first-order chi connectivity index (χ1) is 16.4. The summed E-state index contributed by atoms with van der Waals surface area (Å²) in [6.07, 6.45) is 1.14. The average molecular weight is 465 g/mol. The second kappa shape index (κ2) is 10.1. The molecule has 0 unspecified atom stereocenters. The van der Waals surface area contributed by atoms with E-state index in [4.69, 9.17) is 9.15 Å². The zero-order valence-corrected chi connectivity index (χ0v) is 19.7. The molecule has 0 N–H and O–H groups in total. The maximum Gasteiger partial charge on any atom is 0.289 e. The van der Waals surface area contributed by atoms with Crippen LogP contribution in [0.1, 0.15) is 59.3 Å². The summed E-state index contributed by atoms with van der Waals surface area (Å²) in [4.78, 5) is 28.4. The fraction of sp³-hybridized carbons (Fsp3) is 0.333. The number of hydrogen-bond acceptors (Lipinski definition) is 4. The maximum atomic E-state index is 13.6. The number of halogens is 1. The molecular weight excluding hydrogens is 435 g/mol. The Labute approximate surface area is 198 Å². The van der Waals surface area contributed by atoms with Crippen molar-refractivity contribution in [2.45, 2.75) is 39.3 Å². The lowest BCUT2D eigenvalue weighted by Gasteiger charge is -2.38. The number of rotatable bonds is 7. The highest BCUT2D eigenvalue weighted by atomic mass is 19.1. The number of fused-ring (bicyclic) bond motifs is 1. The predicted octanol–water partition coefficient (Wildman–Crippen LogP) is 4.97. The van der Waals surface area contributed by atoms with Crippen LogP contribution in [-0.4, -0.2) is 41.8 Å². The van der Waals surface area contributed by atoms with Crippen LogP contribution in [0.4, 0.5) is 4.39 Å². The van der Waals surface area contributed by atoms with Crippen molar-refractivity contribution in [1.29, 1.82) is 0 Å². The van der Waals surface area contributed by atoms with Crippen molar-refractivity contribution in [2.75, 3.05) is 20.1 Å². The van der Waals surface area contributed by atoms with Gasteiger partial charge in [-0.05, 0) is 66.4 Å². The van der Waals surface area contributed by atoms with E-state index in [1.165, 1.54) is 12.1 Å². The molecule has 0 saturated carbocycles. The van der Waals surface area contributed by atoms with E-state index in [1.807, 2.05) is 36.9 Å². The summed E-state index contributed by atoms with van der Waals surface area (Å²) in [5.41, 5.74) is 2.96. The second-order valence-electron chi connectivity index (χ2n) is 8.38. The SMILES string of the molecule is CCC(=O)N1CCc2ccc(OCc3ccc(C(=O)N(C)CC)o3)cc2[C@@H]1c1ccc(F)cc1. The third-order valence-corrected chi connectivity index (χ3v) is 6.23. The van der Waals surface area contributed by atoms with Gasteiger partial charge in [-0.15, -0.1) is 0 Å². The fourth-order valence-electron chi connectivity index (χ4n) is 4.22. The van der Waals surface area contributed by atoms with Crippen LogP contribution < -0.4 is 4.74 Å². The van der Waals surface area contributed by atoms with E-state index < -0.39 is 0 Å². The van der Waals surface area contributed by atoms with E-state index in [9.17, 15) is 14.0 Å². The number of benzene rings is 2. The van der Waals surface area contributed by atoms with Crippen LogP contribution in [-0.2, 0) is 17.8 Å². The van der Waals surface area contributed by atoms with Crippen molar-refractivity contribution in [3.63, 3.8) is 0 Å². The van der Waals surface area contributed by atoms with Crippen molar-refractivity contribution in [3.05, 3.63) is 88.6 Å². The summed E-state index contributed by atoms with van der Waals surface area (Å²) in [5.74, 6) is 1.02. The first-order valence-electron chi connectivity index (χ1n) is 11.6. The van der Waals surface area contributed by atoms with Gasteiger partial charge in [-0.1, -0.05) is 25.1 Å². The van der Waals surface area contributed by atoms with Gasteiger partial charge in [0.25, 0.3) is 5.91 Å². The van der Waals surface area contributed by atoms with Gasteiger partial charge in [0.15, 0.2) is 5.76 Å². The Morgan fingerprint density at radius 2 is 1.88 bits per heavy atom. The molecule has 178 valence electrons. The van der Waals surface area contributed by atoms with Crippen LogP contribution in [0.3, 0.4) is 0 Å². The lowest BCUT2D eigenvalue weighted by atomic mass is 9.87. The van der Waals surface area contributed by atoms with E-state index in [1.54, 1.807) is 36.2 Å². The van der Waals surface area contributed by atoms with Crippen LogP contribution in [0.15, 0.2) is 59.0 Å². The Hall–Kier alpha value is -3.61. The summed E-state index contributed by atoms with van der Waals surface area (Å²) in [6, 6.07) is 15.2. The van der Waals surface area contributed by atoms with Crippen LogP contribution in [0.5, 0.6) is 5.75 Å². The van der Waals surface area contributed by atoms with Crippen molar-refractivity contribution in [2.24, 2.45) is 0 Å². The molecule has 4 rings (SSSR count). The van der Waals surface area contributed by atoms with Gasteiger partial charge in [0.2, 0.25) is 5.91 Å². The third-order valence-electron chi connectivity index (χ3n) is 6.23. The lowest BCUT2D eigenvalue weighted by molar-refractivity contribution is -0.132. The molecule has 6 nitrogen and oxygen atoms in total. The molecular formula is C27H29FN2O4. The Morgan fingerprint density at radius 1 is 1.12 bits per heavy atom. The molecule has 0 radical (unpaired) electrons. The first-order valence-corrected chi connectivity index (χ1v) is 11.6. The minimum Gasteiger partial charge on any atom is -0.486 e. The number of furan rings is 1. The number of nitrogens with zero attached hydrogens (tertiary/aromatic N) is 2. The molecule has 34 heavy (non-hydrogen) atoms. The minimum absolute atomic E-state index is 0.0520. The summed E-state index contributed by atoms with van der Waals surface area (Å²) in [6.45, 7) is 5.11. The maximum absolute atomic E-state index is 13.6. The molecule has 2 heterocycles. The van der Waals surface area contributed by atoms with Crippen LogP contribution >= 0.6 is 0 Å². The number of ether oxygens (including phenoxy) is 1. The molecule has 7 heteroatoms.